The third-order valence-electron chi connectivity index (χ3n) is 4.58. The molecule has 1 fully saturated rings. The van der Waals surface area contributed by atoms with Gasteiger partial charge in [0.15, 0.2) is 0 Å². The molecule has 0 amide bonds. The monoisotopic (exact) mass is 380 g/mol. The summed E-state index contributed by atoms with van der Waals surface area (Å²) in [6, 6.07) is 4.98. The van der Waals surface area contributed by atoms with Crippen LogP contribution in [0.25, 0.3) is 0 Å². The minimum Gasteiger partial charge on any atom is -0.361 e. The summed E-state index contributed by atoms with van der Waals surface area (Å²) in [5, 5.41) is 14.6. The van der Waals surface area contributed by atoms with Gasteiger partial charge in [0, 0.05) is 50.4 Å². The van der Waals surface area contributed by atoms with Crippen LogP contribution in [0, 0.1) is 24.0 Å². The third kappa shape index (κ3) is 3.62. The number of hydrogen-bond donors (Lipinski definition) is 0. The zero-order valence-corrected chi connectivity index (χ0v) is 15.4. The van der Waals surface area contributed by atoms with Crippen LogP contribution < -0.4 is 0 Å². The maximum absolute atomic E-state index is 12.7. The molecule has 0 radical (unpaired) electrons. The standard InChI is InChI=1S/C16H20N4O5S/c1-12-16(13(2)25-17-12)11-18-7-9-19(10-8-18)26(23,24)15-5-3-14(4-6-15)20(21)22/h3-6H,7-11H2,1-2H3. The van der Waals surface area contributed by atoms with Crippen LogP contribution in [-0.2, 0) is 16.6 Å². The number of nitro groups is 1. The van der Waals surface area contributed by atoms with Crippen LogP contribution in [0.3, 0.4) is 0 Å². The molecule has 0 unspecified atom stereocenters. The number of benzene rings is 1. The minimum atomic E-state index is -3.65. The molecule has 26 heavy (non-hydrogen) atoms. The molecule has 3 rings (SSSR count). The molecule has 1 aromatic heterocycles. The van der Waals surface area contributed by atoms with Gasteiger partial charge in [0.05, 0.1) is 15.5 Å². The van der Waals surface area contributed by atoms with Crippen LogP contribution in [0.1, 0.15) is 17.0 Å². The quantitative estimate of drug-likeness (QED) is 0.573. The Kier molecular flexibility index (Phi) is 5.08. The van der Waals surface area contributed by atoms with Crippen molar-refractivity contribution in [2.75, 3.05) is 26.2 Å². The minimum absolute atomic E-state index is 0.0715. The molecule has 0 spiro atoms. The van der Waals surface area contributed by atoms with E-state index in [1.54, 1.807) is 0 Å². The number of nitrogens with zero attached hydrogens (tertiary/aromatic N) is 4. The Morgan fingerprint density at radius 3 is 2.27 bits per heavy atom. The van der Waals surface area contributed by atoms with Gasteiger partial charge in [-0.1, -0.05) is 5.16 Å². The van der Waals surface area contributed by atoms with Crippen molar-refractivity contribution >= 4 is 15.7 Å². The second-order valence-electron chi connectivity index (χ2n) is 6.23. The molecule has 0 N–H and O–H groups in total. The number of hydrogen-bond acceptors (Lipinski definition) is 7. The molecule has 1 aliphatic rings. The third-order valence-corrected chi connectivity index (χ3v) is 6.49. The van der Waals surface area contributed by atoms with Crippen molar-refractivity contribution in [1.29, 1.82) is 0 Å². The molecule has 2 heterocycles. The van der Waals surface area contributed by atoms with E-state index < -0.39 is 14.9 Å². The molecule has 1 saturated heterocycles. The summed E-state index contributed by atoms with van der Waals surface area (Å²) in [5.41, 5.74) is 1.76. The van der Waals surface area contributed by atoms with Crippen molar-refractivity contribution in [3.05, 3.63) is 51.4 Å². The van der Waals surface area contributed by atoms with E-state index in [0.717, 1.165) is 17.0 Å². The summed E-state index contributed by atoms with van der Waals surface area (Å²) in [4.78, 5) is 12.4. The normalized spacial score (nSPS) is 16.7. The van der Waals surface area contributed by atoms with Gasteiger partial charge in [-0.25, -0.2) is 8.42 Å². The lowest BCUT2D eigenvalue weighted by Gasteiger charge is -2.33. The first kappa shape index (κ1) is 18.5. The predicted octanol–water partition coefficient (Wildman–Crippen LogP) is 1.71. The van der Waals surface area contributed by atoms with Crippen LogP contribution in [-0.4, -0.2) is 53.9 Å². The molecule has 140 valence electrons. The Labute approximate surface area is 151 Å². The molecule has 0 aliphatic carbocycles. The van der Waals surface area contributed by atoms with E-state index in [1.807, 2.05) is 13.8 Å². The highest BCUT2D eigenvalue weighted by Gasteiger charge is 2.29. The lowest BCUT2D eigenvalue weighted by Crippen LogP contribution is -2.48. The molecule has 1 aromatic carbocycles. The van der Waals surface area contributed by atoms with Crippen molar-refractivity contribution in [1.82, 2.24) is 14.4 Å². The average molecular weight is 380 g/mol. The highest BCUT2D eigenvalue weighted by Crippen LogP contribution is 2.22. The summed E-state index contributed by atoms with van der Waals surface area (Å²) < 4.78 is 32.0. The number of nitro benzene ring substituents is 1. The molecule has 0 atom stereocenters. The van der Waals surface area contributed by atoms with Gasteiger partial charge in [-0.3, -0.25) is 15.0 Å². The maximum Gasteiger partial charge on any atom is 0.269 e. The Morgan fingerprint density at radius 1 is 1.15 bits per heavy atom. The summed E-state index contributed by atoms with van der Waals surface area (Å²) in [6.45, 7) is 6.34. The first-order valence-electron chi connectivity index (χ1n) is 8.18. The highest BCUT2D eigenvalue weighted by atomic mass is 32.2. The topological polar surface area (TPSA) is 110 Å². The van der Waals surface area contributed by atoms with Gasteiger partial charge < -0.3 is 4.52 Å². The highest BCUT2D eigenvalue weighted by molar-refractivity contribution is 7.89. The van der Waals surface area contributed by atoms with E-state index in [1.165, 1.54) is 28.6 Å². The zero-order valence-electron chi connectivity index (χ0n) is 14.6. The van der Waals surface area contributed by atoms with Gasteiger partial charge in [-0.2, -0.15) is 4.31 Å². The molecular formula is C16H20N4O5S. The maximum atomic E-state index is 12.7. The fourth-order valence-electron chi connectivity index (χ4n) is 2.97. The second-order valence-corrected chi connectivity index (χ2v) is 8.17. The molecular weight excluding hydrogens is 360 g/mol. The SMILES string of the molecule is Cc1noc(C)c1CN1CCN(S(=O)(=O)c2ccc([N+](=O)[O-])cc2)CC1. The molecule has 10 heteroatoms. The Morgan fingerprint density at radius 2 is 1.77 bits per heavy atom. The van der Waals surface area contributed by atoms with Gasteiger partial charge in [-0.05, 0) is 26.0 Å². The zero-order chi connectivity index (χ0) is 18.9. The lowest BCUT2D eigenvalue weighted by atomic mass is 10.2. The Balaban J connectivity index is 1.66. The van der Waals surface area contributed by atoms with Crippen LogP contribution in [0.15, 0.2) is 33.7 Å². The Hall–Kier alpha value is -2.30. The summed E-state index contributed by atoms with van der Waals surface area (Å²) in [7, 11) is -3.65. The van der Waals surface area contributed by atoms with E-state index in [0.29, 0.717) is 32.7 Å². The largest absolute Gasteiger partial charge is 0.361 e. The van der Waals surface area contributed by atoms with Crippen LogP contribution in [0.5, 0.6) is 0 Å². The molecule has 9 nitrogen and oxygen atoms in total. The lowest BCUT2D eigenvalue weighted by molar-refractivity contribution is -0.384. The van der Waals surface area contributed by atoms with E-state index >= 15 is 0 Å². The van der Waals surface area contributed by atoms with E-state index in [4.69, 9.17) is 4.52 Å². The Bertz CT molecular complexity index is 880. The number of non-ortho nitro benzene ring substituents is 1. The van der Waals surface area contributed by atoms with E-state index in [9.17, 15) is 18.5 Å². The van der Waals surface area contributed by atoms with Gasteiger partial charge >= 0.3 is 0 Å². The van der Waals surface area contributed by atoms with Crippen molar-refractivity contribution < 1.29 is 17.9 Å². The first-order valence-corrected chi connectivity index (χ1v) is 9.62. The van der Waals surface area contributed by atoms with Crippen LogP contribution >= 0.6 is 0 Å². The number of rotatable bonds is 5. The van der Waals surface area contributed by atoms with Gasteiger partial charge in [0.2, 0.25) is 10.0 Å². The molecule has 2 aromatic rings. The van der Waals surface area contributed by atoms with Gasteiger partial charge in [0.25, 0.3) is 5.69 Å². The number of piperazine rings is 1. The van der Waals surface area contributed by atoms with Crippen molar-refractivity contribution in [2.45, 2.75) is 25.3 Å². The molecule has 1 aliphatic heterocycles. The number of sulfonamides is 1. The summed E-state index contributed by atoms with van der Waals surface area (Å²) >= 11 is 0. The van der Waals surface area contributed by atoms with E-state index in [-0.39, 0.29) is 10.6 Å². The predicted molar refractivity (Wildman–Crippen MR) is 93.1 cm³/mol. The molecule has 0 saturated carbocycles. The summed E-state index contributed by atoms with van der Waals surface area (Å²) in [6.07, 6.45) is 0. The number of aryl methyl sites for hydroxylation is 2. The van der Waals surface area contributed by atoms with Crippen molar-refractivity contribution in [3.8, 4) is 0 Å². The average Bonchev–Trinajstić information content (AvgIpc) is 2.94. The first-order chi connectivity index (χ1) is 12.3. The van der Waals surface area contributed by atoms with Crippen LogP contribution in [0.4, 0.5) is 5.69 Å². The fourth-order valence-corrected chi connectivity index (χ4v) is 4.39. The van der Waals surface area contributed by atoms with Gasteiger partial charge in [-0.15, -0.1) is 0 Å². The van der Waals surface area contributed by atoms with Crippen LogP contribution in [0.2, 0.25) is 0 Å². The van der Waals surface area contributed by atoms with Gasteiger partial charge in [0.1, 0.15) is 5.76 Å². The molecule has 0 bridgehead atoms. The summed E-state index contributed by atoms with van der Waals surface area (Å²) in [5.74, 6) is 0.781. The van der Waals surface area contributed by atoms with Crippen molar-refractivity contribution in [3.63, 3.8) is 0 Å². The smallest absolute Gasteiger partial charge is 0.269 e. The van der Waals surface area contributed by atoms with Crippen molar-refractivity contribution in [2.24, 2.45) is 0 Å². The number of aromatic nitrogens is 1. The van der Waals surface area contributed by atoms with E-state index in [2.05, 4.69) is 10.1 Å². The second kappa shape index (κ2) is 7.14. The fraction of sp³-hybridized carbons (Fsp3) is 0.438.